The van der Waals surface area contributed by atoms with Crippen molar-refractivity contribution in [3.05, 3.63) is 95.8 Å². The third kappa shape index (κ3) is 5.55. The lowest BCUT2D eigenvalue weighted by molar-refractivity contribution is 0.00694. The summed E-state index contributed by atoms with van der Waals surface area (Å²) in [5.41, 5.74) is 4.66. The number of carbonyl (C=O) groups excluding carboxylic acids is 1. The summed E-state index contributed by atoms with van der Waals surface area (Å²) in [5, 5.41) is 35.2. The Morgan fingerprint density at radius 1 is 0.744 bits per heavy atom. The van der Waals surface area contributed by atoms with Crippen molar-refractivity contribution in [3.63, 3.8) is 0 Å². The molecule has 0 aliphatic carbocycles. The number of nitriles is 2. The first kappa shape index (κ1) is 25.1. The van der Waals surface area contributed by atoms with E-state index in [4.69, 9.17) is 15.3 Å². The predicted molar refractivity (Wildman–Crippen MR) is 142 cm³/mol. The van der Waals surface area contributed by atoms with Crippen LogP contribution in [0.1, 0.15) is 42.3 Å². The van der Waals surface area contributed by atoms with Gasteiger partial charge in [-0.05, 0) is 63.2 Å². The molecule has 0 aliphatic heterocycles. The predicted octanol–water partition coefficient (Wildman–Crippen LogP) is 4.88. The Bertz CT molecular complexity index is 1630. The standard InChI is InChI=1S/C29H22N8O2/c1-29(2,3)39-28(38)23-12-24(36-17-26(32-34-36)21-8-4-19(15-30)5-9-21)14-25(13-23)37-18-27(33-35-37)22-10-6-20(16-31)7-11-22/h4-14,17-18H,1-3H3. The molecule has 3 aromatic carbocycles. The minimum absolute atomic E-state index is 0.309. The summed E-state index contributed by atoms with van der Waals surface area (Å²) in [7, 11) is 0. The van der Waals surface area contributed by atoms with Crippen molar-refractivity contribution in [2.24, 2.45) is 0 Å². The molecule has 0 saturated heterocycles. The number of nitrogens with zero attached hydrogens (tertiary/aromatic N) is 8. The lowest BCUT2D eigenvalue weighted by Crippen LogP contribution is -2.24. The van der Waals surface area contributed by atoms with Crippen LogP contribution in [-0.2, 0) is 4.74 Å². The fourth-order valence-corrected chi connectivity index (χ4v) is 3.79. The molecule has 0 spiro atoms. The second kappa shape index (κ2) is 10.0. The van der Waals surface area contributed by atoms with E-state index in [-0.39, 0.29) is 0 Å². The number of rotatable bonds is 5. The highest BCUT2D eigenvalue weighted by Gasteiger charge is 2.20. The maximum Gasteiger partial charge on any atom is 0.338 e. The molecule has 0 radical (unpaired) electrons. The molecule has 190 valence electrons. The van der Waals surface area contributed by atoms with Gasteiger partial charge in [0.05, 0.1) is 52.6 Å². The number of hydrogen-bond acceptors (Lipinski definition) is 8. The minimum atomic E-state index is -0.681. The quantitative estimate of drug-likeness (QED) is 0.303. The Labute approximate surface area is 224 Å². The number of benzene rings is 3. The maximum atomic E-state index is 13.0. The van der Waals surface area contributed by atoms with Gasteiger partial charge in [-0.2, -0.15) is 10.5 Å². The molecule has 0 fully saturated rings. The smallest absolute Gasteiger partial charge is 0.338 e. The molecular formula is C29H22N8O2. The van der Waals surface area contributed by atoms with E-state index in [0.717, 1.165) is 11.1 Å². The molecule has 0 bridgehead atoms. The summed E-state index contributed by atoms with van der Waals surface area (Å²) in [6, 6.07) is 23.4. The number of carbonyl (C=O) groups is 1. The van der Waals surface area contributed by atoms with Crippen molar-refractivity contribution in [2.45, 2.75) is 26.4 Å². The van der Waals surface area contributed by atoms with Crippen LogP contribution in [-0.4, -0.2) is 41.6 Å². The zero-order valence-corrected chi connectivity index (χ0v) is 21.4. The summed E-state index contributed by atoms with van der Waals surface area (Å²) >= 11 is 0. The Morgan fingerprint density at radius 2 is 1.18 bits per heavy atom. The third-order valence-corrected chi connectivity index (χ3v) is 5.67. The summed E-state index contributed by atoms with van der Waals surface area (Å²) in [6.45, 7) is 5.41. The van der Waals surface area contributed by atoms with E-state index in [9.17, 15) is 4.79 Å². The highest BCUT2D eigenvalue weighted by molar-refractivity contribution is 5.91. The van der Waals surface area contributed by atoms with Crippen LogP contribution in [0, 0.1) is 22.7 Å². The van der Waals surface area contributed by atoms with Crippen LogP contribution in [0.2, 0.25) is 0 Å². The van der Waals surface area contributed by atoms with E-state index in [1.165, 1.54) is 0 Å². The van der Waals surface area contributed by atoms with Crippen LogP contribution in [0.4, 0.5) is 0 Å². The molecule has 0 amide bonds. The van der Waals surface area contributed by atoms with Crippen LogP contribution < -0.4 is 0 Å². The number of aromatic nitrogens is 6. The molecule has 0 saturated carbocycles. The van der Waals surface area contributed by atoms with Gasteiger partial charge in [0.15, 0.2) is 0 Å². The van der Waals surface area contributed by atoms with Gasteiger partial charge in [-0.1, -0.05) is 34.7 Å². The van der Waals surface area contributed by atoms with Crippen LogP contribution in [0.25, 0.3) is 33.9 Å². The lowest BCUT2D eigenvalue weighted by atomic mass is 10.1. The monoisotopic (exact) mass is 514 g/mol. The van der Waals surface area contributed by atoms with E-state index >= 15 is 0 Å². The van der Waals surface area contributed by atoms with Gasteiger partial charge < -0.3 is 4.74 Å². The molecule has 10 heteroatoms. The molecule has 0 atom stereocenters. The summed E-state index contributed by atoms with van der Waals surface area (Å²) in [6.07, 6.45) is 3.48. The third-order valence-electron chi connectivity index (χ3n) is 5.67. The Balaban J connectivity index is 1.54. The zero-order valence-electron chi connectivity index (χ0n) is 21.4. The van der Waals surface area contributed by atoms with E-state index in [1.807, 2.05) is 6.07 Å². The number of esters is 1. The Kier molecular flexibility index (Phi) is 6.45. The first-order chi connectivity index (χ1) is 18.7. The van der Waals surface area contributed by atoms with Gasteiger partial charge in [0, 0.05) is 11.1 Å². The Hall–Kier alpha value is -5.61. The van der Waals surface area contributed by atoms with E-state index in [2.05, 4.69) is 32.8 Å². The van der Waals surface area contributed by atoms with Crippen LogP contribution in [0.5, 0.6) is 0 Å². The molecule has 10 nitrogen and oxygen atoms in total. The molecule has 5 aromatic rings. The van der Waals surface area contributed by atoms with Crippen molar-refractivity contribution >= 4 is 5.97 Å². The van der Waals surface area contributed by atoms with Crippen LogP contribution >= 0.6 is 0 Å². The summed E-state index contributed by atoms with van der Waals surface area (Å²) < 4.78 is 8.73. The normalized spacial score (nSPS) is 11.0. The average Bonchev–Trinajstić information content (AvgIpc) is 3.63. The molecule has 5 rings (SSSR count). The molecule has 2 heterocycles. The molecule has 0 unspecified atom stereocenters. The number of hydrogen-bond donors (Lipinski definition) is 0. The van der Waals surface area contributed by atoms with Gasteiger partial charge in [-0.3, -0.25) is 0 Å². The summed E-state index contributed by atoms with van der Waals surface area (Å²) in [4.78, 5) is 13.0. The second-order valence-electron chi connectivity index (χ2n) is 9.71. The summed E-state index contributed by atoms with van der Waals surface area (Å²) in [5.74, 6) is -0.495. The van der Waals surface area contributed by atoms with Gasteiger partial charge in [0.1, 0.15) is 17.0 Å². The topological polar surface area (TPSA) is 135 Å². The average molecular weight is 515 g/mol. The second-order valence-corrected chi connectivity index (χ2v) is 9.71. The first-order valence-electron chi connectivity index (χ1n) is 12.0. The molecule has 0 N–H and O–H groups in total. The SMILES string of the molecule is CC(C)(C)OC(=O)c1cc(-n2cc(-c3ccc(C#N)cc3)nn2)cc(-n2cc(-c3ccc(C#N)cc3)nn2)c1. The molecular weight excluding hydrogens is 492 g/mol. The highest BCUT2D eigenvalue weighted by Crippen LogP contribution is 2.24. The van der Waals surface area contributed by atoms with E-state index < -0.39 is 11.6 Å². The van der Waals surface area contributed by atoms with Gasteiger partial charge >= 0.3 is 5.97 Å². The first-order valence-corrected chi connectivity index (χ1v) is 12.0. The van der Waals surface area contributed by atoms with Crippen molar-refractivity contribution < 1.29 is 9.53 Å². The molecule has 2 aromatic heterocycles. The van der Waals surface area contributed by atoms with Crippen molar-refractivity contribution in [1.29, 1.82) is 10.5 Å². The van der Waals surface area contributed by atoms with Crippen molar-refractivity contribution in [2.75, 3.05) is 0 Å². The number of ether oxygens (including phenoxy) is 1. The van der Waals surface area contributed by atoms with E-state index in [0.29, 0.717) is 39.5 Å². The lowest BCUT2D eigenvalue weighted by Gasteiger charge is -2.20. The molecule has 39 heavy (non-hydrogen) atoms. The van der Waals surface area contributed by atoms with Gasteiger partial charge in [-0.15, -0.1) is 10.2 Å². The van der Waals surface area contributed by atoms with Gasteiger partial charge in [0.2, 0.25) is 0 Å². The van der Waals surface area contributed by atoms with Crippen molar-refractivity contribution in [1.82, 2.24) is 30.0 Å². The van der Waals surface area contributed by atoms with E-state index in [1.54, 1.807) is 103 Å². The van der Waals surface area contributed by atoms with Crippen LogP contribution in [0.3, 0.4) is 0 Å². The minimum Gasteiger partial charge on any atom is -0.456 e. The fourth-order valence-electron chi connectivity index (χ4n) is 3.79. The van der Waals surface area contributed by atoms with Gasteiger partial charge in [0.25, 0.3) is 0 Å². The van der Waals surface area contributed by atoms with Crippen LogP contribution in [0.15, 0.2) is 79.1 Å². The molecule has 0 aliphatic rings. The van der Waals surface area contributed by atoms with Crippen molar-refractivity contribution in [3.8, 4) is 46.0 Å². The Morgan fingerprint density at radius 3 is 1.56 bits per heavy atom. The fraction of sp³-hybridized carbons (Fsp3) is 0.138. The zero-order chi connectivity index (χ0) is 27.6. The van der Waals surface area contributed by atoms with Gasteiger partial charge in [-0.25, -0.2) is 14.2 Å². The highest BCUT2D eigenvalue weighted by atomic mass is 16.6. The largest absolute Gasteiger partial charge is 0.456 e. The maximum absolute atomic E-state index is 13.0.